The van der Waals surface area contributed by atoms with Crippen LogP contribution in [0.2, 0.25) is 0 Å². The summed E-state index contributed by atoms with van der Waals surface area (Å²) in [5.74, 6) is 0.828. The molecule has 0 fully saturated rings. The number of ether oxygens (including phenoxy) is 1. The molecule has 0 bridgehead atoms. The number of carbonyl (C=O) groups excluding carboxylic acids is 1. The van der Waals surface area contributed by atoms with Crippen LogP contribution in [0.1, 0.15) is 36.8 Å². The summed E-state index contributed by atoms with van der Waals surface area (Å²) in [5, 5.41) is 7.51. The van der Waals surface area contributed by atoms with Crippen molar-refractivity contribution in [2.24, 2.45) is 0 Å². The summed E-state index contributed by atoms with van der Waals surface area (Å²) < 4.78 is 7.23. The van der Waals surface area contributed by atoms with Crippen molar-refractivity contribution in [1.29, 1.82) is 0 Å². The number of nitrogens with zero attached hydrogens (tertiary/aromatic N) is 3. The molecule has 0 spiro atoms. The number of aromatic nitrogens is 3. The van der Waals surface area contributed by atoms with Crippen LogP contribution in [0.15, 0.2) is 30.5 Å². The largest absolute Gasteiger partial charge is 0.492 e. The third-order valence-electron chi connectivity index (χ3n) is 2.99. The van der Waals surface area contributed by atoms with Crippen molar-refractivity contribution in [3.05, 3.63) is 41.7 Å². The molecule has 5 nitrogen and oxygen atoms in total. The second-order valence-corrected chi connectivity index (χ2v) is 5.65. The molecule has 0 radical (unpaired) electrons. The number of rotatable bonds is 5. The average Bonchev–Trinajstić information content (AvgIpc) is 2.86. The third-order valence-corrected chi connectivity index (χ3v) is 2.99. The Bertz CT molecular complexity index is 568. The van der Waals surface area contributed by atoms with Crippen LogP contribution in [0.25, 0.3) is 0 Å². The van der Waals surface area contributed by atoms with Gasteiger partial charge in [-0.25, -0.2) is 4.68 Å². The molecule has 2 aromatic rings. The van der Waals surface area contributed by atoms with Crippen LogP contribution < -0.4 is 4.74 Å². The Hall–Kier alpha value is -2.17. The molecule has 1 aromatic heterocycles. The summed E-state index contributed by atoms with van der Waals surface area (Å²) >= 11 is 0. The molecule has 0 amide bonds. The van der Waals surface area contributed by atoms with E-state index in [1.165, 1.54) is 5.56 Å². The van der Waals surface area contributed by atoms with Crippen molar-refractivity contribution >= 4 is 6.29 Å². The predicted molar refractivity (Wildman–Crippen MR) is 76.0 cm³/mol. The van der Waals surface area contributed by atoms with Crippen LogP contribution in [0.3, 0.4) is 0 Å². The van der Waals surface area contributed by atoms with Crippen molar-refractivity contribution in [3.8, 4) is 5.75 Å². The van der Waals surface area contributed by atoms with Crippen molar-refractivity contribution in [2.45, 2.75) is 32.7 Å². The summed E-state index contributed by atoms with van der Waals surface area (Å²) in [6, 6.07) is 8.10. The zero-order valence-electron chi connectivity index (χ0n) is 12.0. The third kappa shape index (κ3) is 3.66. The van der Waals surface area contributed by atoms with E-state index in [0.29, 0.717) is 25.1 Å². The fourth-order valence-corrected chi connectivity index (χ4v) is 1.78. The van der Waals surface area contributed by atoms with Gasteiger partial charge >= 0.3 is 0 Å². The van der Waals surface area contributed by atoms with Crippen LogP contribution in [0.5, 0.6) is 5.75 Å². The van der Waals surface area contributed by atoms with Crippen molar-refractivity contribution in [1.82, 2.24) is 15.0 Å². The normalized spacial score (nSPS) is 11.3. The molecule has 5 heteroatoms. The minimum atomic E-state index is 0.143. The maximum absolute atomic E-state index is 10.5. The van der Waals surface area contributed by atoms with Crippen LogP contribution in [0, 0.1) is 0 Å². The Morgan fingerprint density at radius 3 is 2.50 bits per heavy atom. The molecular weight excluding hydrogens is 254 g/mol. The Balaban J connectivity index is 1.86. The van der Waals surface area contributed by atoms with E-state index in [1.54, 1.807) is 10.9 Å². The molecule has 0 saturated heterocycles. The quantitative estimate of drug-likeness (QED) is 0.785. The zero-order valence-corrected chi connectivity index (χ0v) is 12.0. The lowest BCUT2D eigenvalue weighted by atomic mass is 9.87. The minimum absolute atomic E-state index is 0.143. The Labute approximate surface area is 118 Å². The van der Waals surface area contributed by atoms with E-state index in [-0.39, 0.29) is 5.41 Å². The van der Waals surface area contributed by atoms with Gasteiger partial charge in [0.25, 0.3) is 0 Å². The van der Waals surface area contributed by atoms with Gasteiger partial charge < -0.3 is 4.74 Å². The van der Waals surface area contributed by atoms with Gasteiger partial charge in [0.05, 0.1) is 12.7 Å². The van der Waals surface area contributed by atoms with E-state index in [9.17, 15) is 4.79 Å². The lowest BCUT2D eigenvalue weighted by molar-refractivity contribution is 0.111. The van der Waals surface area contributed by atoms with E-state index >= 15 is 0 Å². The maximum Gasteiger partial charge on any atom is 0.171 e. The topological polar surface area (TPSA) is 57.0 Å². The van der Waals surface area contributed by atoms with Gasteiger partial charge in [0, 0.05) is 0 Å². The Morgan fingerprint density at radius 1 is 1.25 bits per heavy atom. The average molecular weight is 273 g/mol. The summed E-state index contributed by atoms with van der Waals surface area (Å²) in [6.45, 7) is 7.58. The summed E-state index contributed by atoms with van der Waals surface area (Å²) in [5.41, 5.74) is 1.75. The Kier molecular flexibility index (Phi) is 4.17. The SMILES string of the molecule is CC(C)(C)c1ccc(OCCn2cc(C=O)nn2)cc1. The second kappa shape index (κ2) is 5.86. The number of carbonyl (C=O) groups is 1. The molecular formula is C15H19N3O2. The van der Waals surface area contributed by atoms with Gasteiger partial charge in [0.1, 0.15) is 18.1 Å². The van der Waals surface area contributed by atoms with Crippen molar-refractivity contribution < 1.29 is 9.53 Å². The van der Waals surface area contributed by atoms with Crippen LogP contribution >= 0.6 is 0 Å². The first-order valence-corrected chi connectivity index (χ1v) is 6.58. The van der Waals surface area contributed by atoms with Gasteiger partial charge in [0.2, 0.25) is 0 Å². The fourth-order valence-electron chi connectivity index (χ4n) is 1.78. The predicted octanol–water partition coefficient (Wildman–Crippen LogP) is 2.47. The van der Waals surface area contributed by atoms with Gasteiger partial charge in [0.15, 0.2) is 6.29 Å². The fraction of sp³-hybridized carbons (Fsp3) is 0.400. The number of hydrogen-bond donors (Lipinski definition) is 0. The van der Waals surface area contributed by atoms with Gasteiger partial charge in [-0.2, -0.15) is 0 Å². The monoisotopic (exact) mass is 273 g/mol. The van der Waals surface area contributed by atoms with Crippen molar-refractivity contribution in [3.63, 3.8) is 0 Å². The molecule has 2 rings (SSSR count). The van der Waals surface area contributed by atoms with Gasteiger partial charge in [-0.3, -0.25) is 4.79 Å². The maximum atomic E-state index is 10.5. The lowest BCUT2D eigenvalue weighted by Crippen LogP contribution is -2.11. The molecule has 106 valence electrons. The van der Waals surface area contributed by atoms with E-state index < -0.39 is 0 Å². The van der Waals surface area contributed by atoms with E-state index in [1.807, 2.05) is 12.1 Å². The van der Waals surface area contributed by atoms with Crippen molar-refractivity contribution in [2.75, 3.05) is 6.61 Å². The van der Waals surface area contributed by atoms with Gasteiger partial charge in [-0.05, 0) is 23.1 Å². The highest BCUT2D eigenvalue weighted by atomic mass is 16.5. The molecule has 20 heavy (non-hydrogen) atoms. The molecule has 0 atom stereocenters. The molecule has 0 unspecified atom stereocenters. The van der Waals surface area contributed by atoms with Crippen LogP contribution in [0.4, 0.5) is 0 Å². The van der Waals surface area contributed by atoms with Crippen LogP contribution in [-0.2, 0) is 12.0 Å². The highest BCUT2D eigenvalue weighted by molar-refractivity contribution is 5.70. The molecule has 0 aliphatic rings. The number of benzene rings is 1. The molecule has 0 aliphatic carbocycles. The first-order valence-electron chi connectivity index (χ1n) is 6.58. The highest BCUT2D eigenvalue weighted by Crippen LogP contribution is 2.24. The molecule has 0 aliphatic heterocycles. The number of hydrogen-bond acceptors (Lipinski definition) is 4. The van der Waals surface area contributed by atoms with Gasteiger partial charge in [-0.15, -0.1) is 5.10 Å². The van der Waals surface area contributed by atoms with Gasteiger partial charge in [-0.1, -0.05) is 38.1 Å². The summed E-state index contributed by atoms with van der Waals surface area (Å²) in [4.78, 5) is 10.5. The lowest BCUT2D eigenvalue weighted by Gasteiger charge is -2.19. The molecule has 0 saturated carbocycles. The first kappa shape index (κ1) is 14.2. The number of aldehydes is 1. The second-order valence-electron chi connectivity index (χ2n) is 5.65. The molecule has 1 heterocycles. The first-order chi connectivity index (χ1) is 9.49. The molecule has 1 aromatic carbocycles. The highest BCUT2D eigenvalue weighted by Gasteiger charge is 2.12. The van der Waals surface area contributed by atoms with E-state index in [2.05, 4.69) is 43.2 Å². The Morgan fingerprint density at radius 2 is 1.95 bits per heavy atom. The standard InChI is InChI=1S/C15H19N3O2/c1-15(2,3)12-4-6-14(7-5-12)20-9-8-18-10-13(11-19)16-17-18/h4-7,10-11H,8-9H2,1-3H3. The zero-order chi connectivity index (χ0) is 14.6. The van der Waals surface area contributed by atoms with E-state index in [4.69, 9.17) is 4.74 Å². The van der Waals surface area contributed by atoms with E-state index in [0.717, 1.165) is 5.75 Å². The smallest absolute Gasteiger partial charge is 0.171 e. The summed E-state index contributed by atoms with van der Waals surface area (Å²) in [7, 11) is 0. The molecule has 0 N–H and O–H groups in total. The summed E-state index contributed by atoms with van der Waals surface area (Å²) in [6.07, 6.45) is 2.27. The van der Waals surface area contributed by atoms with Crippen LogP contribution in [-0.4, -0.2) is 27.9 Å². The minimum Gasteiger partial charge on any atom is -0.492 e.